The average Bonchev–Trinajstić information content (AvgIpc) is 2.16. The highest BCUT2D eigenvalue weighted by Crippen LogP contribution is 2.12. The first-order valence-electron chi connectivity index (χ1n) is 4.64. The molecule has 0 fully saturated rings. The zero-order valence-corrected chi connectivity index (χ0v) is 8.66. The van der Waals surface area contributed by atoms with E-state index >= 15 is 0 Å². The third kappa shape index (κ3) is 3.32. The predicted octanol–water partition coefficient (Wildman–Crippen LogP) is 2.45. The van der Waals surface area contributed by atoms with Gasteiger partial charge in [-0.05, 0) is 31.5 Å². The Morgan fingerprint density at radius 3 is 2.73 bits per heavy atom. The largest absolute Gasteiger partial charge is 0.478 e. The minimum atomic E-state index is -1.26. The number of halogens is 1. The molecule has 0 saturated heterocycles. The Kier molecular flexibility index (Phi) is 3.80. The Bertz CT molecular complexity index is 361. The number of hydrogen-bond acceptors (Lipinski definition) is 2. The molecule has 3 nitrogen and oxygen atoms in total. The van der Waals surface area contributed by atoms with Gasteiger partial charge < -0.3 is 9.84 Å². The molecule has 1 N–H and O–H groups in total. The highest BCUT2D eigenvalue weighted by molar-refractivity contribution is 5.88. The van der Waals surface area contributed by atoms with Crippen LogP contribution in [0.5, 0.6) is 0 Å². The molecule has 0 saturated carbocycles. The molecule has 82 valence electrons. The molecular weight excluding hydrogens is 199 g/mol. The second-order valence-corrected chi connectivity index (χ2v) is 3.48. The SMILES string of the molecule is CC(C)OCc1ccc(F)c(C(=O)O)c1. The molecule has 0 aliphatic carbocycles. The molecule has 0 bridgehead atoms. The van der Waals surface area contributed by atoms with Gasteiger partial charge >= 0.3 is 5.97 Å². The molecule has 4 heteroatoms. The Labute approximate surface area is 87.5 Å². The maximum absolute atomic E-state index is 13.0. The molecule has 1 rings (SSSR count). The molecule has 0 amide bonds. The van der Waals surface area contributed by atoms with Gasteiger partial charge in [-0.1, -0.05) is 6.07 Å². The molecule has 0 heterocycles. The monoisotopic (exact) mass is 212 g/mol. The van der Waals surface area contributed by atoms with Gasteiger partial charge in [0.15, 0.2) is 0 Å². The number of carboxylic acid groups (broad SMARTS) is 1. The summed E-state index contributed by atoms with van der Waals surface area (Å²) in [5.74, 6) is -1.99. The normalized spacial score (nSPS) is 10.7. The summed E-state index contributed by atoms with van der Waals surface area (Å²) in [7, 11) is 0. The van der Waals surface area contributed by atoms with Crippen molar-refractivity contribution >= 4 is 5.97 Å². The maximum Gasteiger partial charge on any atom is 0.338 e. The summed E-state index contributed by atoms with van der Waals surface area (Å²) in [6.07, 6.45) is 0.0586. The second-order valence-electron chi connectivity index (χ2n) is 3.48. The van der Waals surface area contributed by atoms with Gasteiger partial charge in [-0.15, -0.1) is 0 Å². The first-order valence-corrected chi connectivity index (χ1v) is 4.64. The number of hydrogen-bond donors (Lipinski definition) is 1. The highest BCUT2D eigenvalue weighted by atomic mass is 19.1. The van der Waals surface area contributed by atoms with Crippen molar-refractivity contribution in [2.45, 2.75) is 26.6 Å². The van der Waals surface area contributed by atoms with Crippen molar-refractivity contribution in [1.82, 2.24) is 0 Å². The second kappa shape index (κ2) is 4.89. The molecule has 0 radical (unpaired) electrons. The predicted molar refractivity (Wildman–Crippen MR) is 53.3 cm³/mol. The lowest BCUT2D eigenvalue weighted by molar-refractivity contribution is 0.0651. The van der Waals surface area contributed by atoms with Crippen molar-refractivity contribution in [3.05, 3.63) is 35.1 Å². The summed E-state index contributed by atoms with van der Waals surface area (Å²) >= 11 is 0. The summed E-state index contributed by atoms with van der Waals surface area (Å²) in [6.45, 7) is 4.04. The fourth-order valence-electron chi connectivity index (χ4n) is 1.09. The van der Waals surface area contributed by atoms with Gasteiger partial charge in [0, 0.05) is 0 Å². The van der Waals surface area contributed by atoms with Gasteiger partial charge in [-0.3, -0.25) is 0 Å². The van der Waals surface area contributed by atoms with Crippen LogP contribution in [-0.4, -0.2) is 17.2 Å². The van der Waals surface area contributed by atoms with E-state index in [-0.39, 0.29) is 18.3 Å². The minimum absolute atomic E-state index is 0.0586. The van der Waals surface area contributed by atoms with Crippen molar-refractivity contribution in [3.63, 3.8) is 0 Å². The van der Waals surface area contributed by atoms with Crippen LogP contribution in [0.25, 0.3) is 0 Å². The van der Waals surface area contributed by atoms with Gasteiger partial charge in [0.1, 0.15) is 5.82 Å². The number of carbonyl (C=O) groups is 1. The summed E-state index contributed by atoms with van der Waals surface area (Å²) in [4.78, 5) is 10.6. The number of rotatable bonds is 4. The van der Waals surface area contributed by atoms with Crippen molar-refractivity contribution in [1.29, 1.82) is 0 Å². The quantitative estimate of drug-likeness (QED) is 0.833. The van der Waals surface area contributed by atoms with Crippen LogP contribution in [0.4, 0.5) is 4.39 Å². The van der Waals surface area contributed by atoms with Gasteiger partial charge in [-0.25, -0.2) is 9.18 Å². The van der Waals surface area contributed by atoms with E-state index in [1.807, 2.05) is 13.8 Å². The van der Waals surface area contributed by atoms with Crippen LogP contribution >= 0.6 is 0 Å². The van der Waals surface area contributed by atoms with Crippen molar-refractivity contribution < 1.29 is 19.0 Å². The average molecular weight is 212 g/mol. The molecule has 0 unspecified atom stereocenters. The van der Waals surface area contributed by atoms with Crippen LogP contribution in [0, 0.1) is 5.82 Å². The fraction of sp³-hybridized carbons (Fsp3) is 0.364. The number of carboxylic acids is 1. The van der Waals surface area contributed by atoms with Gasteiger partial charge in [-0.2, -0.15) is 0 Å². The maximum atomic E-state index is 13.0. The van der Waals surface area contributed by atoms with Crippen molar-refractivity contribution in [2.24, 2.45) is 0 Å². The summed E-state index contributed by atoms with van der Waals surface area (Å²) in [5.41, 5.74) is 0.336. The molecule has 1 aromatic rings. The zero-order valence-electron chi connectivity index (χ0n) is 8.66. The van der Waals surface area contributed by atoms with Gasteiger partial charge in [0.05, 0.1) is 18.3 Å². The molecule has 0 spiro atoms. The van der Waals surface area contributed by atoms with Crippen LogP contribution in [0.1, 0.15) is 29.8 Å². The summed E-state index contributed by atoms with van der Waals surface area (Å²) in [6, 6.07) is 3.95. The number of ether oxygens (including phenoxy) is 1. The first kappa shape index (κ1) is 11.7. The molecule has 0 aliphatic heterocycles. The Morgan fingerprint density at radius 2 is 2.20 bits per heavy atom. The fourth-order valence-corrected chi connectivity index (χ4v) is 1.09. The third-order valence-electron chi connectivity index (χ3n) is 1.84. The number of benzene rings is 1. The Hall–Kier alpha value is -1.42. The van der Waals surface area contributed by atoms with Gasteiger partial charge in [0.25, 0.3) is 0 Å². The van der Waals surface area contributed by atoms with E-state index in [1.165, 1.54) is 12.1 Å². The lowest BCUT2D eigenvalue weighted by Gasteiger charge is -2.08. The summed E-state index contributed by atoms with van der Waals surface area (Å²) in [5, 5.41) is 8.69. The van der Waals surface area contributed by atoms with Crippen molar-refractivity contribution in [2.75, 3.05) is 0 Å². The van der Waals surface area contributed by atoms with E-state index < -0.39 is 11.8 Å². The van der Waals surface area contributed by atoms with Crippen LogP contribution in [0.15, 0.2) is 18.2 Å². The van der Waals surface area contributed by atoms with Crippen LogP contribution < -0.4 is 0 Å². The Balaban J connectivity index is 2.83. The smallest absolute Gasteiger partial charge is 0.338 e. The van der Waals surface area contributed by atoms with E-state index in [0.29, 0.717) is 5.56 Å². The van der Waals surface area contributed by atoms with E-state index in [9.17, 15) is 9.18 Å². The van der Waals surface area contributed by atoms with E-state index in [1.54, 1.807) is 0 Å². The highest BCUT2D eigenvalue weighted by Gasteiger charge is 2.10. The lowest BCUT2D eigenvalue weighted by atomic mass is 10.1. The Morgan fingerprint density at radius 1 is 1.53 bits per heavy atom. The molecule has 15 heavy (non-hydrogen) atoms. The van der Waals surface area contributed by atoms with E-state index in [4.69, 9.17) is 9.84 Å². The minimum Gasteiger partial charge on any atom is -0.478 e. The van der Waals surface area contributed by atoms with Crippen LogP contribution in [0.3, 0.4) is 0 Å². The molecule has 0 atom stereocenters. The standard InChI is InChI=1S/C11H13FO3/c1-7(2)15-6-8-3-4-10(12)9(5-8)11(13)14/h3-5,7H,6H2,1-2H3,(H,13,14). The lowest BCUT2D eigenvalue weighted by Crippen LogP contribution is -2.05. The number of aromatic carboxylic acids is 1. The third-order valence-corrected chi connectivity index (χ3v) is 1.84. The van der Waals surface area contributed by atoms with E-state index in [0.717, 1.165) is 6.07 Å². The topological polar surface area (TPSA) is 46.5 Å². The zero-order chi connectivity index (χ0) is 11.4. The van der Waals surface area contributed by atoms with Crippen LogP contribution in [-0.2, 0) is 11.3 Å². The van der Waals surface area contributed by atoms with Crippen molar-refractivity contribution in [3.8, 4) is 0 Å². The van der Waals surface area contributed by atoms with E-state index in [2.05, 4.69) is 0 Å². The van der Waals surface area contributed by atoms with Crippen LogP contribution in [0.2, 0.25) is 0 Å². The summed E-state index contributed by atoms with van der Waals surface area (Å²) < 4.78 is 18.3. The molecule has 1 aromatic carbocycles. The molecule has 0 aromatic heterocycles. The van der Waals surface area contributed by atoms with Gasteiger partial charge in [0.2, 0.25) is 0 Å². The molecule has 0 aliphatic rings. The first-order chi connectivity index (χ1) is 7.00. The molecular formula is C11H13FO3.